The van der Waals surface area contributed by atoms with Crippen LogP contribution in [0.15, 0.2) is 0 Å². The second-order valence-corrected chi connectivity index (χ2v) is 9.19. The molecule has 1 amide bonds. The predicted molar refractivity (Wildman–Crippen MR) is 88.8 cm³/mol. The first kappa shape index (κ1) is 18.1. The van der Waals surface area contributed by atoms with Crippen LogP contribution in [0.25, 0.3) is 0 Å². The molecule has 2 heterocycles. The van der Waals surface area contributed by atoms with Gasteiger partial charge in [-0.2, -0.15) is 0 Å². The molecule has 0 radical (unpaired) electrons. The third kappa shape index (κ3) is 4.28. The number of sulfonamides is 1. The number of ether oxygens (including phenoxy) is 2. The minimum atomic E-state index is -3.15. The molecule has 3 fully saturated rings. The number of nitrogens with one attached hydrogen (secondary N) is 1. The summed E-state index contributed by atoms with van der Waals surface area (Å²) in [5, 5.41) is 2.96. The van der Waals surface area contributed by atoms with Gasteiger partial charge in [0.1, 0.15) is 6.10 Å². The molecule has 24 heavy (non-hydrogen) atoms. The van der Waals surface area contributed by atoms with Gasteiger partial charge in [0.05, 0.1) is 12.9 Å². The van der Waals surface area contributed by atoms with Crippen molar-refractivity contribution in [1.29, 1.82) is 0 Å². The molecule has 7 nitrogen and oxygen atoms in total. The highest BCUT2D eigenvalue weighted by Gasteiger charge is 2.42. The molecular weight excluding hydrogens is 332 g/mol. The van der Waals surface area contributed by atoms with Crippen LogP contribution in [-0.2, 0) is 24.3 Å². The van der Waals surface area contributed by atoms with Gasteiger partial charge < -0.3 is 14.8 Å². The van der Waals surface area contributed by atoms with Crippen molar-refractivity contribution < 1.29 is 22.7 Å². The number of rotatable bonds is 4. The maximum absolute atomic E-state index is 12.3. The Labute approximate surface area is 144 Å². The van der Waals surface area contributed by atoms with E-state index in [0.29, 0.717) is 39.1 Å². The summed E-state index contributed by atoms with van der Waals surface area (Å²) in [4.78, 5) is 12.3. The zero-order chi connectivity index (χ0) is 17.2. The standard InChI is InChI=1S/C16H28N2O5S/c1-24(20,21)18-9-5-13(6-10-18)15(19)17-11-14-12-22-16(23-14)7-3-2-4-8-16/h13-14H,2-12H2,1H3,(H,17,19)/t14-/m1/s1. The molecule has 0 aromatic heterocycles. The first-order valence-corrected chi connectivity index (χ1v) is 10.8. The highest BCUT2D eigenvalue weighted by atomic mass is 32.2. The summed E-state index contributed by atoms with van der Waals surface area (Å²) in [6.07, 6.45) is 7.69. The zero-order valence-corrected chi connectivity index (χ0v) is 15.1. The van der Waals surface area contributed by atoms with Crippen LogP contribution in [0.5, 0.6) is 0 Å². The second-order valence-electron chi connectivity index (χ2n) is 7.20. The minimum absolute atomic E-state index is 0.00338. The minimum Gasteiger partial charge on any atom is -0.353 e. The third-order valence-corrected chi connectivity index (χ3v) is 6.63. The Morgan fingerprint density at radius 3 is 2.50 bits per heavy atom. The topological polar surface area (TPSA) is 84.9 Å². The Morgan fingerprint density at radius 1 is 1.21 bits per heavy atom. The third-order valence-electron chi connectivity index (χ3n) is 5.33. The van der Waals surface area contributed by atoms with Crippen LogP contribution in [0.2, 0.25) is 0 Å². The van der Waals surface area contributed by atoms with E-state index in [1.54, 1.807) is 0 Å². The van der Waals surface area contributed by atoms with Crippen LogP contribution >= 0.6 is 0 Å². The molecule has 2 aliphatic heterocycles. The summed E-state index contributed by atoms with van der Waals surface area (Å²) in [5.41, 5.74) is 0. The molecule has 1 N–H and O–H groups in total. The van der Waals surface area contributed by atoms with Gasteiger partial charge in [0.2, 0.25) is 15.9 Å². The predicted octanol–water partition coefficient (Wildman–Crippen LogP) is 0.850. The lowest BCUT2D eigenvalue weighted by molar-refractivity contribution is -0.186. The van der Waals surface area contributed by atoms with Gasteiger partial charge in [-0.25, -0.2) is 12.7 Å². The number of carbonyl (C=O) groups excluding carboxylic acids is 1. The lowest BCUT2D eigenvalue weighted by atomic mass is 9.94. The largest absolute Gasteiger partial charge is 0.353 e. The first-order chi connectivity index (χ1) is 11.4. The van der Waals surface area contributed by atoms with Gasteiger partial charge in [0.25, 0.3) is 0 Å². The van der Waals surface area contributed by atoms with Crippen LogP contribution in [-0.4, -0.2) is 63.0 Å². The average Bonchev–Trinajstić information content (AvgIpc) is 2.95. The molecule has 1 spiro atoms. The van der Waals surface area contributed by atoms with Gasteiger partial charge in [-0.3, -0.25) is 4.79 Å². The fraction of sp³-hybridized carbons (Fsp3) is 0.938. The van der Waals surface area contributed by atoms with Gasteiger partial charge >= 0.3 is 0 Å². The van der Waals surface area contributed by atoms with Crippen molar-refractivity contribution in [2.75, 3.05) is 32.5 Å². The molecule has 2 saturated heterocycles. The van der Waals surface area contributed by atoms with E-state index in [1.165, 1.54) is 17.0 Å². The number of hydrogen-bond acceptors (Lipinski definition) is 5. The lowest BCUT2D eigenvalue weighted by Gasteiger charge is -2.32. The molecule has 0 aromatic carbocycles. The van der Waals surface area contributed by atoms with Crippen molar-refractivity contribution in [3.63, 3.8) is 0 Å². The van der Waals surface area contributed by atoms with Crippen LogP contribution in [0.3, 0.4) is 0 Å². The SMILES string of the molecule is CS(=O)(=O)N1CCC(C(=O)NC[C@@H]2COC3(CCCCC3)O2)CC1. The summed E-state index contributed by atoms with van der Waals surface area (Å²) in [7, 11) is -3.15. The van der Waals surface area contributed by atoms with E-state index in [-0.39, 0.29) is 17.9 Å². The quantitative estimate of drug-likeness (QED) is 0.803. The van der Waals surface area contributed by atoms with Crippen LogP contribution in [0, 0.1) is 5.92 Å². The van der Waals surface area contributed by atoms with E-state index < -0.39 is 15.8 Å². The van der Waals surface area contributed by atoms with E-state index in [9.17, 15) is 13.2 Å². The molecule has 138 valence electrons. The molecule has 1 atom stereocenters. The summed E-state index contributed by atoms with van der Waals surface area (Å²) in [5.74, 6) is -0.528. The Morgan fingerprint density at radius 2 is 1.88 bits per heavy atom. The monoisotopic (exact) mass is 360 g/mol. The zero-order valence-electron chi connectivity index (χ0n) is 14.3. The maximum Gasteiger partial charge on any atom is 0.223 e. The van der Waals surface area contributed by atoms with E-state index >= 15 is 0 Å². The smallest absolute Gasteiger partial charge is 0.223 e. The average molecular weight is 360 g/mol. The fourth-order valence-corrected chi connectivity index (χ4v) is 4.75. The number of carbonyl (C=O) groups is 1. The maximum atomic E-state index is 12.3. The van der Waals surface area contributed by atoms with Crippen LogP contribution < -0.4 is 5.32 Å². The highest BCUT2D eigenvalue weighted by Crippen LogP contribution is 2.37. The summed E-state index contributed by atoms with van der Waals surface area (Å²) in [6.45, 7) is 1.84. The molecule has 0 unspecified atom stereocenters. The van der Waals surface area contributed by atoms with E-state index in [1.807, 2.05) is 0 Å². The van der Waals surface area contributed by atoms with Crippen molar-refractivity contribution in [3.8, 4) is 0 Å². The number of piperidine rings is 1. The van der Waals surface area contributed by atoms with E-state index in [4.69, 9.17) is 9.47 Å². The first-order valence-electron chi connectivity index (χ1n) is 8.93. The summed E-state index contributed by atoms with van der Waals surface area (Å²) < 4.78 is 36.4. The lowest BCUT2D eigenvalue weighted by Crippen LogP contribution is -2.44. The number of nitrogens with zero attached hydrogens (tertiary/aromatic N) is 1. The molecule has 0 bridgehead atoms. The normalized spacial score (nSPS) is 29.0. The van der Waals surface area contributed by atoms with Crippen molar-refractivity contribution in [3.05, 3.63) is 0 Å². The summed E-state index contributed by atoms with van der Waals surface area (Å²) >= 11 is 0. The Hall–Kier alpha value is -0.700. The molecule has 8 heteroatoms. The van der Waals surface area contributed by atoms with Crippen molar-refractivity contribution >= 4 is 15.9 Å². The Kier molecular flexibility index (Phi) is 5.48. The summed E-state index contributed by atoms with van der Waals surface area (Å²) in [6, 6.07) is 0. The Balaban J connectivity index is 1.40. The van der Waals surface area contributed by atoms with E-state index in [2.05, 4.69) is 5.32 Å². The molecular formula is C16H28N2O5S. The fourth-order valence-electron chi connectivity index (χ4n) is 3.88. The highest BCUT2D eigenvalue weighted by molar-refractivity contribution is 7.88. The number of hydrogen-bond donors (Lipinski definition) is 1. The molecule has 1 aliphatic carbocycles. The van der Waals surface area contributed by atoms with Gasteiger partial charge in [0.15, 0.2) is 5.79 Å². The molecule has 3 rings (SSSR count). The van der Waals surface area contributed by atoms with Crippen molar-refractivity contribution in [1.82, 2.24) is 9.62 Å². The Bertz CT molecular complexity index is 551. The number of amides is 1. The van der Waals surface area contributed by atoms with Gasteiger partial charge in [-0.15, -0.1) is 0 Å². The molecule has 0 aromatic rings. The van der Waals surface area contributed by atoms with Crippen LogP contribution in [0.4, 0.5) is 0 Å². The molecule has 1 saturated carbocycles. The van der Waals surface area contributed by atoms with Gasteiger partial charge in [-0.05, 0) is 25.7 Å². The molecule has 3 aliphatic rings. The van der Waals surface area contributed by atoms with E-state index in [0.717, 1.165) is 25.7 Å². The second kappa shape index (κ2) is 7.27. The van der Waals surface area contributed by atoms with Crippen molar-refractivity contribution in [2.45, 2.75) is 56.8 Å². The van der Waals surface area contributed by atoms with Crippen LogP contribution in [0.1, 0.15) is 44.9 Å². The van der Waals surface area contributed by atoms with Crippen molar-refractivity contribution in [2.24, 2.45) is 5.92 Å². The van der Waals surface area contributed by atoms with Gasteiger partial charge in [0, 0.05) is 38.4 Å². The van der Waals surface area contributed by atoms with Gasteiger partial charge in [-0.1, -0.05) is 6.42 Å².